The van der Waals surface area contributed by atoms with Crippen LogP contribution in [-0.4, -0.2) is 33.4 Å². The largest absolute Gasteiger partial charge is 0.377 e. The van der Waals surface area contributed by atoms with E-state index in [4.69, 9.17) is 9.26 Å². The van der Waals surface area contributed by atoms with Crippen molar-refractivity contribution in [2.45, 2.75) is 51.7 Å². The molecule has 0 unspecified atom stereocenters. The Morgan fingerprint density at radius 1 is 1.39 bits per heavy atom. The fourth-order valence-corrected chi connectivity index (χ4v) is 2.80. The van der Waals surface area contributed by atoms with E-state index in [9.17, 15) is 4.79 Å². The van der Waals surface area contributed by atoms with E-state index in [1.165, 1.54) is 24.1 Å². The molecule has 0 bridgehead atoms. The first-order valence-corrected chi connectivity index (χ1v) is 7.88. The van der Waals surface area contributed by atoms with Gasteiger partial charge in [-0.2, -0.15) is 10.1 Å². The summed E-state index contributed by atoms with van der Waals surface area (Å²) >= 11 is 0. The molecule has 124 valence electrons. The van der Waals surface area contributed by atoms with E-state index in [-0.39, 0.29) is 12.5 Å². The van der Waals surface area contributed by atoms with Crippen molar-refractivity contribution in [3.63, 3.8) is 0 Å². The van der Waals surface area contributed by atoms with Gasteiger partial charge in [-0.25, -0.2) is 0 Å². The number of hydrogen-bond donors (Lipinski definition) is 2. The zero-order chi connectivity index (χ0) is 16.1. The van der Waals surface area contributed by atoms with E-state index in [1.54, 1.807) is 7.11 Å². The minimum Gasteiger partial charge on any atom is -0.377 e. The molecule has 2 N–H and O–H groups in total. The van der Waals surface area contributed by atoms with Crippen LogP contribution < -0.4 is 5.32 Å². The Morgan fingerprint density at radius 2 is 2.26 bits per heavy atom. The van der Waals surface area contributed by atoms with Crippen LogP contribution in [0.1, 0.15) is 47.9 Å². The lowest BCUT2D eigenvalue weighted by Crippen LogP contribution is -2.23. The van der Waals surface area contributed by atoms with E-state index in [0.717, 1.165) is 18.5 Å². The normalized spacial score (nSPS) is 13.8. The lowest BCUT2D eigenvalue weighted by molar-refractivity contribution is -0.121. The van der Waals surface area contributed by atoms with Crippen LogP contribution in [0.2, 0.25) is 0 Å². The first-order chi connectivity index (χ1) is 11.3. The van der Waals surface area contributed by atoms with Crippen molar-refractivity contribution in [1.29, 1.82) is 0 Å². The van der Waals surface area contributed by atoms with Crippen molar-refractivity contribution in [1.82, 2.24) is 25.7 Å². The third-order valence-corrected chi connectivity index (χ3v) is 3.95. The molecule has 0 fully saturated rings. The van der Waals surface area contributed by atoms with E-state index >= 15 is 0 Å². The number of nitrogens with one attached hydrogen (secondary N) is 2. The van der Waals surface area contributed by atoms with Gasteiger partial charge in [-0.05, 0) is 31.2 Å². The molecule has 1 aliphatic carbocycles. The number of carbonyl (C=O) groups excluding carboxylic acids is 1. The summed E-state index contributed by atoms with van der Waals surface area (Å²) in [7, 11) is 1.56. The van der Waals surface area contributed by atoms with Gasteiger partial charge in [-0.3, -0.25) is 9.89 Å². The molecule has 0 spiro atoms. The van der Waals surface area contributed by atoms with Crippen LogP contribution >= 0.6 is 0 Å². The molecule has 0 saturated heterocycles. The maximum Gasteiger partial charge on any atom is 0.246 e. The van der Waals surface area contributed by atoms with Gasteiger partial charge in [0.15, 0.2) is 5.82 Å². The van der Waals surface area contributed by atoms with Crippen molar-refractivity contribution in [3.05, 3.63) is 28.7 Å². The molecular formula is C15H21N5O3. The van der Waals surface area contributed by atoms with Crippen LogP contribution in [0.3, 0.4) is 0 Å². The van der Waals surface area contributed by atoms with E-state index in [1.807, 2.05) is 0 Å². The maximum atomic E-state index is 11.9. The number of rotatable bonds is 7. The average molecular weight is 319 g/mol. The quantitative estimate of drug-likeness (QED) is 0.790. The highest BCUT2D eigenvalue weighted by atomic mass is 16.5. The van der Waals surface area contributed by atoms with Gasteiger partial charge in [-0.15, -0.1) is 0 Å². The predicted octanol–water partition coefficient (Wildman–Crippen LogP) is 1.07. The number of amides is 1. The predicted molar refractivity (Wildman–Crippen MR) is 80.4 cm³/mol. The Bertz CT molecular complexity index is 664. The number of aromatic nitrogens is 4. The molecule has 1 amide bonds. The second-order valence-corrected chi connectivity index (χ2v) is 5.65. The molecule has 0 aromatic carbocycles. The summed E-state index contributed by atoms with van der Waals surface area (Å²) in [5, 5.41) is 14.0. The van der Waals surface area contributed by atoms with Crippen molar-refractivity contribution in [2.75, 3.05) is 7.11 Å². The Hall–Kier alpha value is -2.22. The van der Waals surface area contributed by atoms with E-state index in [0.29, 0.717) is 31.2 Å². The van der Waals surface area contributed by atoms with Crippen molar-refractivity contribution in [3.8, 4) is 0 Å². The molecule has 2 heterocycles. The number of aryl methyl sites for hydroxylation is 2. The molecular weight excluding hydrogens is 298 g/mol. The highest BCUT2D eigenvalue weighted by molar-refractivity contribution is 5.76. The minimum absolute atomic E-state index is 0.0518. The van der Waals surface area contributed by atoms with Crippen molar-refractivity contribution >= 4 is 5.91 Å². The average Bonchev–Trinajstić information content (AvgIpc) is 3.18. The molecule has 2 aromatic heterocycles. The van der Waals surface area contributed by atoms with Crippen molar-refractivity contribution < 1.29 is 14.1 Å². The van der Waals surface area contributed by atoms with Crippen LogP contribution in [0.15, 0.2) is 4.52 Å². The summed E-state index contributed by atoms with van der Waals surface area (Å²) in [4.78, 5) is 16.1. The molecule has 1 aliphatic rings. The monoisotopic (exact) mass is 319 g/mol. The topological polar surface area (TPSA) is 106 Å². The summed E-state index contributed by atoms with van der Waals surface area (Å²) in [6, 6.07) is 0. The van der Waals surface area contributed by atoms with Gasteiger partial charge < -0.3 is 14.6 Å². The molecule has 23 heavy (non-hydrogen) atoms. The molecule has 0 radical (unpaired) electrons. The Morgan fingerprint density at radius 3 is 3.13 bits per heavy atom. The van der Waals surface area contributed by atoms with Gasteiger partial charge in [0.2, 0.25) is 11.8 Å². The van der Waals surface area contributed by atoms with E-state index < -0.39 is 0 Å². The van der Waals surface area contributed by atoms with Crippen molar-refractivity contribution in [2.24, 2.45) is 0 Å². The van der Waals surface area contributed by atoms with Crippen LogP contribution in [0.25, 0.3) is 0 Å². The Balaban J connectivity index is 1.45. The molecule has 3 rings (SSSR count). The number of hydrogen-bond acceptors (Lipinski definition) is 6. The second-order valence-electron chi connectivity index (χ2n) is 5.65. The van der Waals surface area contributed by atoms with Crippen LogP contribution in [0.4, 0.5) is 0 Å². The number of fused-ring (bicyclic) bond motifs is 1. The van der Waals surface area contributed by atoms with Gasteiger partial charge in [0, 0.05) is 25.6 Å². The number of ether oxygens (including phenoxy) is 1. The molecule has 8 nitrogen and oxygen atoms in total. The SMILES string of the molecule is COCc1noc(CNC(=O)CCc2n[nH]c3c2CCCC3)n1. The lowest BCUT2D eigenvalue weighted by atomic mass is 9.95. The van der Waals surface area contributed by atoms with Gasteiger partial charge in [0.05, 0.1) is 12.2 Å². The highest BCUT2D eigenvalue weighted by Gasteiger charge is 2.17. The highest BCUT2D eigenvalue weighted by Crippen LogP contribution is 2.22. The third-order valence-electron chi connectivity index (χ3n) is 3.95. The van der Waals surface area contributed by atoms with Gasteiger partial charge in [0.1, 0.15) is 6.61 Å². The number of aromatic amines is 1. The van der Waals surface area contributed by atoms with E-state index in [2.05, 4.69) is 25.7 Å². The van der Waals surface area contributed by atoms with Gasteiger partial charge in [-0.1, -0.05) is 5.16 Å². The molecule has 0 atom stereocenters. The summed E-state index contributed by atoms with van der Waals surface area (Å²) in [5.41, 5.74) is 3.57. The number of methoxy groups -OCH3 is 1. The molecule has 0 aliphatic heterocycles. The Labute approximate surface area is 134 Å². The van der Waals surface area contributed by atoms with Crippen LogP contribution in [-0.2, 0) is 41.9 Å². The number of carbonyl (C=O) groups is 1. The lowest BCUT2D eigenvalue weighted by Gasteiger charge is -2.10. The maximum absolute atomic E-state index is 11.9. The van der Waals surface area contributed by atoms with Gasteiger partial charge >= 0.3 is 0 Å². The zero-order valence-corrected chi connectivity index (χ0v) is 13.2. The molecule has 8 heteroatoms. The smallest absolute Gasteiger partial charge is 0.246 e. The Kier molecular flexibility index (Phi) is 5.02. The fourth-order valence-electron chi connectivity index (χ4n) is 2.80. The van der Waals surface area contributed by atoms with Gasteiger partial charge in [0.25, 0.3) is 0 Å². The first-order valence-electron chi connectivity index (χ1n) is 7.88. The zero-order valence-electron chi connectivity index (χ0n) is 13.2. The third kappa shape index (κ3) is 3.95. The van der Waals surface area contributed by atoms with Crippen LogP contribution in [0.5, 0.6) is 0 Å². The van der Waals surface area contributed by atoms with Crippen LogP contribution in [0, 0.1) is 0 Å². The number of H-pyrrole nitrogens is 1. The standard InChI is InChI=1S/C15H21N5O3/c1-22-9-13-17-15(23-20-13)8-16-14(21)7-6-12-10-4-2-3-5-11(10)18-19-12/h2-9H2,1H3,(H,16,21)(H,18,19). The second kappa shape index (κ2) is 7.36. The molecule has 0 saturated carbocycles. The first kappa shape index (κ1) is 15.7. The molecule has 2 aromatic rings. The fraction of sp³-hybridized carbons (Fsp3) is 0.600. The number of nitrogens with zero attached hydrogens (tertiary/aromatic N) is 3. The summed E-state index contributed by atoms with van der Waals surface area (Å²) < 4.78 is 9.93. The summed E-state index contributed by atoms with van der Waals surface area (Å²) in [6.07, 6.45) is 5.59. The summed E-state index contributed by atoms with van der Waals surface area (Å²) in [6.45, 7) is 0.524. The summed E-state index contributed by atoms with van der Waals surface area (Å²) in [5.74, 6) is 0.798. The minimum atomic E-state index is -0.0518.